The van der Waals surface area contributed by atoms with E-state index in [2.05, 4.69) is 72.9 Å². The first-order valence-corrected chi connectivity index (χ1v) is 8.88. The predicted molar refractivity (Wildman–Crippen MR) is 102 cm³/mol. The average Bonchev–Trinajstić information content (AvgIpc) is 3.15. The lowest BCUT2D eigenvalue weighted by molar-refractivity contribution is 0.738. The van der Waals surface area contributed by atoms with Crippen molar-refractivity contribution in [1.82, 2.24) is 9.55 Å². The molecule has 1 atom stereocenters. The first-order valence-electron chi connectivity index (χ1n) is 8.88. The van der Waals surface area contributed by atoms with Gasteiger partial charge in [0.15, 0.2) is 0 Å². The Morgan fingerprint density at radius 1 is 1.21 bits per heavy atom. The third-order valence-electron chi connectivity index (χ3n) is 5.56. The van der Waals surface area contributed by atoms with Crippen molar-refractivity contribution in [3.63, 3.8) is 0 Å². The Labute approximate surface area is 143 Å². The van der Waals surface area contributed by atoms with Gasteiger partial charge < -0.3 is 9.47 Å². The van der Waals surface area contributed by atoms with Crippen molar-refractivity contribution in [1.29, 1.82) is 0 Å². The van der Waals surface area contributed by atoms with E-state index in [-0.39, 0.29) is 0 Å². The summed E-state index contributed by atoms with van der Waals surface area (Å²) in [6.07, 6.45) is 6.48. The Morgan fingerprint density at radius 2 is 2.04 bits per heavy atom. The number of fused-ring (bicyclic) bond motifs is 2. The molecule has 2 aromatic heterocycles. The van der Waals surface area contributed by atoms with E-state index in [1.165, 1.54) is 33.3 Å². The Hall–Kier alpha value is -2.29. The van der Waals surface area contributed by atoms with E-state index >= 15 is 0 Å². The summed E-state index contributed by atoms with van der Waals surface area (Å²) in [5.41, 5.74) is 7.92. The van der Waals surface area contributed by atoms with Crippen LogP contribution in [0.15, 0.2) is 36.7 Å². The zero-order valence-electron chi connectivity index (χ0n) is 15.0. The first-order chi connectivity index (χ1) is 11.6. The zero-order valence-corrected chi connectivity index (χ0v) is 15.0. The van der Waals surface area contributed by atoms with Crippen LogP contribution in [0, 0.1) is 0 Å². The number of hydrogen-bond donors (Lipinski definition) is 0. The van der Waals surface area contributed by atoms with Crippen LogP contribution >= 0.6 is 0 Å². The normalized spacial score (nSPS) is 15.1. The highest BCUT2D eigenvalue weighted by Crippen LogP contribution is 2.38. The number of hydrogen-bond acceptors (Lipinski definition) is 2. The molecule has 1 unspecified atom stereocenters. The topological polar surface area (TPSA) is 21.1 Å². The summed E-state index contributed by atoms with van der Waals surface area (Å²) in [7, 11) is 4.28. The second kappa shape index (κ2) is 5.66. The molecular formula is C21H25N3. The molecule has 0 fully saturated rings. The van der Waals surface area contributed by atoms with Gasteiger partial charge in [-0.15, -0.1) is 0 Å². The molecule has 1 aliphatic rings. The van der Waals surface area contributed by atoms with Gasteiger partial charge in [-0.3, -0.25) is 0 Å². The molecule has 0 amide bonds. The van der Waals surface area contributed by atoms with Crippen LogP contribution < -0.4 is 4.90 Å². The summed E-state index contributed by atoms with van der Waals surface area (Å²) in [6.45, 7) is 5.68. The molecule has 0 aliphatic carbocycles. The van der Waals surface area contributed by atoms with Crippen LogP contribution in [0.3, 0.4) is 0 Å². The van der Waals surface area contributed by atoms with E-state index in [0.717, 1.165) is 25.0 Å². The lowest BCUT2D eigenvalue weighted by Crippen LogP contribution is -2.12. The summed E-state index contributed by atoms with van der Waals surface area (Å²) >= 11 is 0. The van der Waals surface area contributed by atoms with E-state index in [9.17, 15) is 0 Å². The molecule has 0 N–H and O–H groups in total. The van der Waals surface area contributed by atoms with E-state index in [1.807, 2.05) is 6.20 Å². The third kappa shape index (κ3) is 2.22. The number of benzene rings is 1. The van der Waals surface area contributed by atoms with Crippen LogP contribution in [0.4, 0.5) is 5.69 Å². The molecule has 0 saturated heterocycles. The minimum Gasteiger partial charge on any atom is -0.374 e. The van der Waals surface area contributed by atoms with Gasteiger partial charge in [-0.2, -0.15) is 0 Å². The van der Waals surface area contributed by atoms with Crippen LogP contribution in [0.5, 0.6) is 0 Å². The van der Waals surface area contributed by atoms with Crippen molar-refractivity contribution in [3.8, 4) is 11.1 Å². The van der Waals surface area contributed by atoms with Gasteiger partial charge in [0.25, 0.3) is 0 Å². The fraction of sp³-hybridized carbons (Fsp3) is 0.381. The fourth-order valence-electron chi connectivity index (χ4n) is 3.88. The Balaban J connectivity index is 1.96. The predicted octanol–water partition coefficient (Wildman–Crippen LogP) is 4.75. The van der Waals surface area contributed by atoms with Crippen molar-refractivity contribution in [2.75, 3.05) is 18.5 Å². The monoisotopic (exact) mass is 319 g/mol. The molecule has 3 heteroatoms. The molecule has 1 aliphatic heterocycles. The average molecular weight is 319 g/mol. The highest BCUT2D eigenvalue weighted by Gasteiger charge is 2.20. The molecule has 24 heavy (non-hydrogen) atoms. The Kier molecular flexibility index (Phi) is 3.60. The molecular weight excluding hydrogens is 294 g/mol. The summed E-state index contributed by atoms with van der Waals surface area (Å²) in [5.74, 6) is 0.536. The zero-order chi connectivity index (χ0) is 16.8. The smallest absolute Gasteiger partial charge is 0.140 e. The van der Waals surface area contributed by atoms with Crippen molar-refractivity contribution in [2.45, 2.75) is 32.6 Å². The van der Waals surface area contributed by atoms with Crippen LogP contribution in [-0.2, 0) is 13.5 Å². The van der Waals surface area contributed by atoms with Crippen LogP contribution in [0.2, 0.25) is 0 Å². The summed E-state index contributed by atoms with van der Waals surface area (Å²) in [6, 6.07) is 9.12. The van der Waals surface area contributed by atoms with Gasteiger partial charge in [-0.25, -0.2) is 4.98 Å². The molecule has 0 bridgehead atoms. The number of anilines is 1. The first kappa shape index (κ1) is 15.3. The molecule has 124 valence electrons. The van der Waals surface area contributed by atoms with Gasteiger partial charge >= 0.3 is 0 Å². The van der Waals surface area contributed by atoms with Crippen molar-refractivity contribution < 1.29 is 0 Å². The molecule has 4 rings (SSSR count). The highest BCUT2D eigenvalue weighted by molar-refractivity contribution is 5.97. The molecule has 3 aromatic rings. The lowest BCUT2D eigenvalue weighted by Gasteiger charge is -2.14. The lowest BCUT2D eigenvalue weighted by atomic mass is 9.93. The van der Waals surface area contributed by atoms with Crippen molar-refractivity contribution >= 4 is 16.7 Å². The van der Waals surface area contributed by atoms with Gasteiger partial charge in [-0.05, 0) is 47.6 Å². The van der Waals surface area contributed by atoms with E-state index < -0.39 is 0 Å². The van der Waals surface area contributed by atoms with Crippen LogP contribution in [0.1, 0.15) is 37.3 Å². The van der Waals surface area contributed by atoms with Crippen molar-refractivity contribution in [2.24, 2.45) is 7.05 Å². The fourth-order valence-corrected chi connectivity index (χ4v) is 3.88. The molecule has 0 saturated carbocycles. The second-order valence-corrected chi connectivity index (χ2v) is 7.08. The molecule has 3 nitrogen and oxygen atoms in total. The molecule has 3 heterocycles. The number of pyridine rings is 1. The standard InChI is InChI=1S/C21H25N3/c1-5-14(2)17-8-10-22-21-20(17)18(13-24(21)4)16-7-6-15-9-11-23(3)19(15)12-16/h6-8,10,12-14H,5,9,11H2,1-4H3. The Bertz CT molecular complexity index is 907. The Morgan fingerprint density at radius 3 is 2.83 bits per heavy atom. The maximum atomic E-state index is 4.64. The van der Waals surface area contributed by atoms with E-state index in [1.54, 1.807) is 0 Å². The maximum absolute atomic E-state index is 4.64. The molecule has 0 spiro atoms. The number of nitrogens with zero attached hydrogens (tertiary/aromatic N) is 3. The summed E-state index contributed by atoms with van der Waals surface area (Å²) in [5, 5.41) is 1.31. The minimum absolute atomic E-state index is 0.536. The van der Waals surface area contributed by atoms with E-state index in [4.69, 9.17) is 0 Å². The van der Waals surface area contributed by atoms with Gasteiger partial charge in [0.2, 0.25) is 0 Å². The van der Waals surface area contributed by atoms with Gasteiger partial charge in [0.1, 0.15) is 5.65 Å². The quantitative estimate of drug-likeness (QED) is 0.695. The number of likely N-dealkylation sites (N-methyl/N-ethyl adjacent to an activating group) is 1. The SMILES string of the molecule is CCC(C)c1ccnc2c1c(-c1ccc3c(c1)N(C)CC3)cn2C. The van der Waals surface area contributed by atoms with Gasteiger partial charge in [0.05, 0.1) is 0 Å². The van der Waals surface area contributed by atoms with Crippen LogP contribution in [0.25, 0.3) is 22.2 Å². The third-order valence-corrected chi connectivity index (χ3v) is 5.56. The maximum Gasteiger partial charge on any atom is 0.140 e. The van der Waals surface area contributed by atoms with Gasteiger partial charge in [-0.1, -0.05) is 26.0 Å². The molecule has 0 radical (unpaired) electrons. The highest BCUT2D eigenvalue weighted by atomic mass is 15.1. The second-order valence-electron chi connectivity index (χ2n) is 7.08. The largest absolute Gasteiger partial charge is 0.374 e. The molecule has 1 aromatic carbocycles. The minimum atomic E-state index is 0.536. The number of aromatic nitrogens is 2. The van der Waals surface area contributed by atoms with Crippen molar-refractivity contribution in [3.05, 3.63) is 47.8 Å². The summed E-state index contributed by atoms with van der Waals surface area (Å²) < 4.78 is 2.16. The van der Waals surface area contributed by atoms with Gasteiger partial charge in [0, 0.05) is 49.7 Å². The van der Waals surface area contributed by atoms with E-state index in [0.29, 0.717) is 5.92 Å². The number of rotatable bonds is 3. The number of aryl methyl sites for hydroxylation is 1. The van der Waals surface area contributed by atoms with Crippen LogP contribution in [-0.4, -0.2) is 23.1 Å². The summed E-state index contributed by atoms with van der Waals surface area (Å²) in [4.78, 5) is 7.00.